The fourth-order valence-electron chi connectivity index (χ4n) is 7.91. The van der Waals surface area contributed by atoms with Crippen molar-refractivity contribution < 1.29 is 28.6 Å². The first-order valence-corrected chi connectivity index (χ1v) is 29.2. The van der Waals surface area contributed by atoms with Crippen molar-refractivity contribution in [1.29, 1.82) is 0 Å². The summed E-state index contributed by atoms with van der Waals surface area (Å²) < 4.78 is 16.8. The van der Waals surface area contributed by atoms with E-state index >= 15 is 0 Å². The number of allylic oxidation sites excluding steroid dienone is 16. The third kappa shape index (κ3) is 55.3. The first-order valence-electron chi connectivity index (χ1n) is 29.2. The van der Waals surface area contributed by atoms with Crippen molar-refractivity contribution >= 4 is 17.9 Å². The molecule has 1 atom stereocenters. The highest BCUT2D eigenvalue weighted by molar-refractivity contribution is 5.71. The van der Waals surface area contributed by atoms with Crippen molar-refractivity contribution in [3.63, 3.8) is 0 Å². The summed E-state index contributed by atoms with van der Waals surface area (Å²) in [6, 6.07) is 0. The summed E-state index contributed by atoms with van der Waals surface area (Å²) in [4.78, 5) is 38.2. The second-order valence-electron chi connectivity index (χ2n) is 19.2. The molecule has 0 saturated heterocycles. The van der Waals surface area contributed by atoms with Crippen molar-refractivity contribution in [2.75, 3.05) is 13.2 Å². The molecule has 0 radical (unpaired) electrons. The quantitative estimate of drug-likeness (QED) is 0.0262. The zero-order chi connectivity index (χ0) is 50.7. The molecular formula is C64H108O6. The monoisotopic (exact) mass is 973 g/mol. The molecule has 0 amide bonds. The SMILES string of the molecule is CC/C=C\C/C=C\C/C=C\C/C=C\C/C=C\CCCC(=O)OC(COC(=O)CCCCCCC/C=C\CCCCCCCCCCC)COC(=O)CCCCCCCCC/C=C\C/C=C\CCCCC. The predicted octanol–water partition coefficient (Wildman–Crippen LogP) is 19.7. The van der Waals surface area contributed by atoms with Gasteiger partial charge in [0.1, 0.15) is 13.2 Å². The summed E-state index contributed by atoms with van der Waals surface area (Å²) in [5.41, 5.74) is 0. The first-order chi connectivity index (χ1) is 34.5. The van der Waals surface area contributed by atoms with Crippen LogP contribution in [-0.2, 0) is 28.6 Å². The van der Waals surface area contributed by atoms with Gasteiger partial charge in [-0.15, -0.1) is 0 Å². The molecule has 0 aliphatic rings. The van der Waals surface area contributed by atoms with Crippen LogP contribution in [0, 0.1) is 0 Å². The van der Waals surface area contributed by atoms with E-state index in [2.05, 4.69) is 118 Å². The predicted molar refractivity (Wildman–Crippen MR) is 302 cm³/mol. The Labute approximate surface area is 432 Å². The van der Waals surface area contributed by atoms with Gasteiger partial charge in [-0.2, -0.15) is 0 Å². The molecule has 6 heteroatoms. The average Bonchev–Trinajstić information content (AvgIpc) is 3.36. The van der Waals surface area contributed by atoms with Gasteiger partial charge >= 0.3 is 17.9 Å². The minimum absolute atomic E-state index is 0.107. The van der Waals surface area contributed by atoms with Crippen molar-refractivity contribution in [3.8, 4) is 0 Å². The molecule has 6 nitrogen and oxygen atoms in total. The van der Waals surface area contributed by atoms with Crippen LogP contribution in [0.25, 0.3) is 0 Å². The van der Waals surface area contributed by atoms with Crippen LogP contribution in [0.1, 0.15) is 271 Å². The Morgan fingerprint density at radius 3 is 0.957 bits per heavy atom. The van der Waals surface area contributed by atoms with E-state index in [0.717, 1.165) is 103 Å². The van der Waals surface area contributed by atoms with E-state index in [1.54, 1.807) is 0 Å². The molecule has 0 aliphatic heterocycles. The molecule has 0 heterocycles. The highest BCUT2D eigenvalue weighted by Crippen LogP contribution is 2.14. The van der Waals surface area contributed by atoms with Crippen molar-refractivity contribution in [2.45, 2.75) is 277 Å². The molecule has 0 rings (SSSR count). The van der Waals surface area contributed by atoms with E-state index < -0.39 is 6.10 Å². The van der Waals surface area contributed by atoms with Crippen LogP contribution in [0.3, 0.4) is 0 Å². The lowest BCUT2D eigenvalue weighted by molar-refractivity contribution is -0.167. The minimum Gasteiger partial charge on any atom is -0.462 e. The molecule has 1 unspecified atom stereocenters. The third-order valence-electron chi connectivity index (χ3n) is 12.3. The van der Waals surface area contributed by atoms with E-state index in [4.69, 9.17) is 14.2 Å². The summed E-state index contributed by atoms with van der Waals surface area (Å²) in [5, 5.41) is 0. The Morgan fingerprint density at radius 2 is 0.571 bits per heavy atom. The summed E-state index contributed by atoms with van der Waals surface area (Å²) in [7, 11) is 0. The molecule has 0 aromatic rings. The third-order valence-corrected chi connectivity index (χ3v) is 12.3. The number of carbonyl (C=O) groups excluding carboxylic acids is 3. The molecule has 0 saturated carbocycles. The maximum absolute atomic E-state index is 12.8. The van der Waals surface area contributed by atoms with Gasteiger partial charge in [0.05, 0.1) is 0 Å². The van der Waals surface area contributed by atoms with Gasteiger partial charge in [-0.3, -0.25) is 14.4 Å². The van der Waals surface area contributed by atoms with Gasteiger partial charge < -0.3 is 14.2 Å². The molecule has 0 spiro atoms. The first kappa shape index (κ1) is 66.3. The van der Waals surface area contributed by atoms with Crippen LogP contribution in [0.15, 0.2) is 97.2 Å². The Hall–Kier alpha value is -3.67. The fourth-order valence-corrected chi connectivity index (χ4v) is 7.91. The number of rotatable bonds is 52. The smallest absolute Gasteiger partial charge is 0.306 e. The molecular weight excluding hydrogens is 865 g/mol. The molecule has 400 valence electrons. The number of ether oxygens (including phenoxy) is 3. The average molecular weight is 974 g/mol. The van der Waals surface area contributed by atoms with Crippen LogP contribution in [-0.4, -0.2) is 37.2 Å². The zero-order valence-electron chi connectivity index (χ0n) is 45.8. The topological polar surface area (TPSA) is 78.9 Å². The molecule has 70 heavy (non-hydrogen) atoms. The number of carbonyl (C=O) groups is 3. The maximum atomic E-state index is 12.8. The molecule has 0 aliphatic carbocycles. The Balaban J connectivity index is 4.49. The van der Waals surface area contributed by atoms with Crippen LogP contribution >= 0.6 is 0 Å². The summed E-state index contributed by atoms with van der Waals surface area (Å²) in [5.74, 6) is -0.977. The fraction of sp³-hybridized carbons (Fsp3) is 0.703. The van der Waals surface area contributed by atoms with Gasteiger partial charge in [0.25, 0.3) is 0 Å². The van der Waals surface area contributed by atoms with Crippen molar-refractivity contribution in [1.82, 2.24) is 0 Å². The van der Waals surface area contributed by atoms with Crippen LogP contribution in [0.2, 0.25) is 0 Å². The second-order valence-corrected chi connectivity index (χ2v) is 19.2. The number of hydrogen-bond donors (Lipinski definition) is 0. The van der Waals surface area contributed by atoms with Gasteiger partial charge in [0.2, 0.25) is 0 Å². The lowest BCUT2D eigenvalue weighted by Crippen LogP contribution is -2.30. The van der Waals surface area contributed by atoms with E-state index in [1.807, 2.05) is 0 Å². The largest absolute Gasteiger partial charge is 0.462 e. The van der Waals surface area contributed by atoms with E-state index in [0.29, 0.717) is 19.3 Å². The van der Waals surface area contributed by atoms with Crippen LogP contribution < -0.4 is 0 Å². The molecule has 0 N–H and O–H groups in total. The molecule has 0 aromatic carbocycles. The Kier molecular flexibility index (Phi) is 54.9. The number of hydrogen-bond acceptors (Lipinski definition) is 6. The normalized spacial score (nSPS) is 12.8. The lowest BCUT2D eigenvalue weighted by Gasteiger charge is -2.18. The van der Waals surface area contributed by atoms with Crippen molar-refractivity contribution in [2.24, 2.45) is 0 Å². The van der Waals surface area contributed by atoms with E-state index in [9.17, 15) is 14.4 Å². The molecule has 0 fully saturated rings. The minimum atomic E-state index is -0.815. The lowest BCUT2D eigenvalue weighted by atomic mass is 10.1. The van der Waals surface area contributed by atoms with Crippen molar-refractivity contribution in [3.05, 3.63) is 97.2 Å². The maximum Gasteiger partial charge on any atom is 0.306 e. The van der Waals surface area contributed by atoms with Gasteiger partial charge in [-0.05, 0) is 116 Å². The second kappa shape index (κ2) is 57.9. The van der Waals surface area contributed by atoms with Crippen LogP contribution in [0.5, 0.6) is 0 Å². The Bertz CT molecular complexity index is 1400. The number of esters is 3. The van der Waals surface area contributed by atoms with Crippen LogP contribution in [0.4, 0.5) is 0 Å². The van der Waals surface area contributed by atoms with Gasteiger partial charge in [0, 0.05) is 19.3 Å². The molecule has 0 aromatic heterocycles. The van der Waals surface area contributed by atoms with E-state index in [1.165, 1.54) is 122 Å². The van der Waals surface area contributed by atoms with Gasteiger partial charge in [-0.1, -0.05) is 234 Å². The number of unbranched alkanes of at least 4 members (excludes halogenated alkanes) is 25. The molecule has 0 bridgehead atoms. The van der Waals surface area contributed by atoms with E-state index in [-0.39, 0.29) is 37.5 Å². The zero-order valence-corrected chi connectivity index (χ0v) is 45.8. The standard InChI is InChI=1S/C64H108O6/c1-4-7-10-13-16-19-22-25-28-31-34-36-39-42-45-48-51-54-57-63(66)69-60-61(70-64(67)58-55-52-49-46-43-40-37-33-30-27-24-21-18-15-12-9-6-3)59-68-62(65)56-53-50-47-44-41-38-35-32-29-26-23-20-17-14-11-8-5-2/h9,12,17-18,20-21,26-27,29-30,34,36-37,40,46,49,61H,4-8,10-11,13-16,19,22-25,28,31-33,35,38-39,41-45,47-48,50-60H2,1-3H3/b12-9-,20-17-,21-18-,29-26-,30-27-,36-34-,40-37-,49-46-. The summed E-state index contributed by atoms with van der Waals surface area (Å²) >= 11 is 0. The summed E-state index contributed by atoms with van der Waals surface area (Å²) in [6.45, 7) is 6.45. The Morgan fingerprint density at radius 1 is 0.300 bits per heavy atom. The highest BCUT2D eigenvalue weighted by atomic mass is 16.6. The van der Waals surface area contributed by atoms with Gasteiger partial charge in [0.15, 0.2) is 6.10 Å². The van der Waals surface area contributed by atoms with Gasteiger partial charge in [-0.25, -0.2) is 0 Å². The highest BCUT2D eigenvalue weighted by Gasteiger charge is 2.19. The summed E-state index contributed by atoms with van der Waals surface area (Å²) in [6.07, 6.45) is 76.9.